The Morgan fingerprint density at radius 1 is 1.59 bits per heavy atom. The van der Waals surface area contributed by atoms with Gasteiger partial charge in [0.05, 0.1) is 11.9 Å². The lowest BCUT2D eigenvalue weighted by molar-refractivity contribution is 0.0689. The van der Waals surface area contributed by atoms with E-state index in [1.54, 1.807) is 31.6 Å². The Bertz CT molecular complexity index is 522. The van der Waals surface area contributed by atoms with Gasteiger partial charge >= 0.3 is 5.97 Å². The zero-order valence-electron chi connectivity index (χ0n) is 9.20. The molecular weight excluding hydrogens is 222 g/mol. The molecule has 0 bridgehead atoms. The van der Waals surface area contributed by atoms with E-state index in [9.17, 15) is 4.79 Å². The molecule has 1 N–H and O–H groups in total. The number of carboxylic acids is 1. The molecule has 0 aliphatic heterocycles. The van der Waals surface area contributed by atoms with Crippen molar-refractivity contribution >= 4 is 5.97 Å². The predicted molar refractivity (Wildman–Crippen MR) is 58.7 cm³/mol. The van der Waals surface area contributed by atoms with Crippen molar-refractivity contribution in [2.45, 2.75) is 6.61 Å². The first kappa shape index (κ1) is 11.1. The monoisotopic (exact) mass is 233 g/mol. The molecule has 17 heavy (non-hydrogen) atoms. The summed E-state index contributed by atoms with van der Waals surface area (Å²) >= 11 is 0. The Balaban J connectivity index is 2.07. The summed E-state index contributed by atoms with van der Waals surface area (Å²) in [5, 5.41) is 12.6. The van der Waals surface area contributed by atoms with Gasteiger partial charge in [0.1, 0.15) is 12.4 Å². The van der Waals surface area contributed by atoms with E-state index in [1.165, 1.54) is 10.7 Å². The van der Waals surface area contributed by atoms with E-state index >= 15 is 0 Å². The van der Waals surface area contributed by atoms with E-state index in [4.69, 9.17) is 9.84 Å². The van der Waals surface area contributed by atoms with Gasteiger partial charge in [-0.3, -0.25) is 9.67 Å². The quantitative estimate of drug-likeness (QED) is 0.855. The number of nitrogens with zero attached hydrogens (tertiary/aromatic N) is 3. The third kappa shape index (κ3) is 2.60. The predicted octanol–water partition coefficient (Wildman–Crippen LogP) is 1.09. The molecule has 0 aromatic carbocycles. The van der Waals surface area contributed by atoms with Crippen molar-refractivity contribution in [2.24, 2.45) is 7.05 Å². The molecule has 2 rings (SSSR count). The Morgan fingerprint density at radius 2 is 2.41 bits per heavy atom. The summed E-state index contributed by atoms with van der Waals surface area (Å²) in [5.74, 6) is -0.418. The number of aromatic carboxylic acids is 1. The van der Waals surface area contributed by atoms with Crippen molar-refractivity contribution in [2.75, 3.05) is 0 Å². The molecule has 0 spiro atoms. The second kappa shape index (κ2) is 4.65. The molecule has 6 heteroatoms. The van der Waals surface area contributed by atoms with Crippen LogP contribution in [0.2, 0.25) is 0 Å². The highest BCUT2D eigenvalue weighted by atomic mass is 16.5. The van der Waals surface area contributed by atoms with E-state index < -0.39 is 5.97 Å². The minimum absolute atomic E-state index is 0.0114. The van der Waals surface area contributed by atoms with E-state index in [1.807, 2.05) is 0 Å². The highest BCUT2D eigenvalue weighted by Crippen LogP contribution is 2.10. The summed E-state index contributed by atoms with van der Waals surface area (Å²) in [6.45, 7) is 0.252. The zero-order valence-corrected chi connectivity index (χ0v) is 9.20. The van der Waals surface area contributed by atoms with E-state index in [-0.39, 0.29) is 12.3 Å². The molecule has 2 heterocycles. The van der Waals surface area contributed by atoms with Crippen molar-refractivity contribution < 1.29 is 14.6 Å². The highest BCUT2D eigenvalue weighted by molar-refractivity contribution is 5.85. The number of hydrogen-bond acceptors (Lipinski definition) is 4. The van der Waals surface area contributed by atoms with Crippen molar-refractivity contribution in [1.29, 1.82) is 0 Å². The molecule has 0 atom stereocenters. The fourth-order valence-corrected chi connectivity index (χ4v) is 1.34. The average molecular weight is 233 g/mol. The minimum Gasteiger partial charge on any atom is -0.486 e. The molecule has 0 radical (unpaired) electrons. The number of ether oxygens (including phenoxy) is 1. The van der Waals surface area contributed by atoms with Gasteiger partial charge in [0.2, 0.25) is 0 Å². The van der Waals surface area contributed by atoms with Crippen LogP contribution in [0.3, 0.4) is 0 Å². The minimum atomic E-state index is -1.05. The third-order valence-corrected chi connectivity index (χ3v) is 2.22. The van der Waals surface area contributed by atoms with Gasteiger partial charge in [0.15, 0.2) is 5.69 Å². The summed E-state index contributed by atoms with van der Waals surface area (Å²) in [6.07, 6.45) is 3.24. The first-order valence-corrected chi connectivity index (χ1v) is 4.96. The Labute approximate surface area is 97.5 Å². The van der Waals surface area contributed by atoms with Crippen LogP contribution in [-0.4, -0.2) is 25.8 Å². The number of pyridine rings is 1. The standard InChI is InChI=1S/C11H11N3O3/c1-14-8(5-10(13-14)11(15)16)7-17-9-3-2-4-12-6-9/h2-6H,7H2,1H3,(H,15,16). The lowest BCUT2D eigenvalue weighted by Gasteiger charge is -2.04. The van der Waals surface area contributed by atoms with Gasteiger partial charge in [-0.2, -0.15) is 5.10 Å². The first-order valence-electron chi connectivity index (χ1n) is 4.96. The fourth-order valence-electron chi connectivity index (χ4n) is 1.34. The summed E-state index contributed by atoms with van der Waals surface area (Å²) in [4.78, 5) is 14.6. The van der Waals surface area contributed by atoms with Gasteiger partial charge in [0.25, 0.3) is 0 Å². The molecule has 88 valence electrons. The van der Waals surface area contributed by atoms with Crippen molar-refractivity contribution in [3.05, 3.63) is 42.0 Å². The molecule has 0 aliphatic carbocycles. The van der Waals surface area contributed by atoms with E-state index in [2.05, 4.69) is 10.1 Å². The highest BCUT2D eigenvalue weighted by Gasteiger charge is 2.11. The molecule has 2 aromatic rings. The number of hydrogen-bond donors (Lipinski definition) is 1. The number of aromatic nitrogens is 3. The summed E-state index contributed by atoms with van der Waals surface area (Å²) < 4.78 is 6.94. The second-order valence-corrected chi connectivity index (χ2v) is 3.43. The van der Waals surface area contributed by atoms with Gasteiger partial charge in [0, 0.05) is 13.2 Å². The SMILES string of the molecule is Cn1nc(C(=O)O)cc1COc1cccnc1. The number of aryl methyl sites for hydroxylation is 1. The van der Waals surface area contributed by atoms with Gasteiger partial charge in [-0.05, 0) is 18.2 Å². The van der Waals surface area contributed by atoms with E-state index in [0.29, 0.717) is 11.4 Å². The zero-order chi connectivity index (χ0) is 12.3. The topological polar surface area (TPSA) is 77.2 Å². The van der Waals surface area contributed by atoms with Crippen molar-refractivity contribution in [3.8, 4) is 5.75 Å². The van der Waals surface area contributed by atoms with Gasteiger partial charge in [-0.1, -0.05) is 0 Å². The van der Waals surface area contributed by atoms with Gasteiger partial charge in [-0.25, -0.2) is 4.79 Å². The normalized spacial score (nSPS) is 10.2. The number of carboxylic acid groups (broad SMARTS) is 1. The molecule has 0 fully saturated rings. The van der Waals surface area contributed by atoms with Crippen LogP contribution in [0.4, 0.5) is 0 Å². The second-order valence-electron chi connectivity index (χ2n) is 3.43. The summed E-state index contributed by atoms with van der Waals surface area (Å²) in [6, 6.07) is 5.03. The Kier molecular flexibility index (Phi) is 3.04. The van der Waals surface area contributed by atoms with Gasteiger partial charge < -0.3 is 9.84 Å². The van der Waals surface area contributed by atoms with Crippen LogP contribution >= 0.6 is 0 Å². The molecule has 0 amide bonds. The largest absolute Gasteiger partial charge is 0.486 e. The van der Waals surface area contributed by atoms with Crippen LogP contribution in [-0.2, 0) is 13.7 Å². The fraction of sp³-hybridized carbons (Fsp3) is 0.182. The third-order valence-electron chi connectivity index (χ3n) is 2.22. The van der Waals surface area contributed by atoms with Crippen LogP contribution in [0, 0.1) is 0 Å². The lowest BCUT2D eigenvalue weighted by Crippen LogP contribution is -2.03. The van der Waals surface area contributed by atoms with Crippen molar-refractivity contribution in [3.63, 3.8) is 0 Å². The average Bonchev–Trinajstić information content (AvgIpc) is 2.70. The lowest BCUT2D eigenvalue weighted by atomic mass is 10.3. The maximum atomic E-state index is 10.7. The van der Waals surface area contributed by atoms with Crippen molar-refractivity contribution in [1.82, 2.24) is 14.8 Å². The molecule has 6 nitrogen and oxygen atoms in total. The number of carbonyl (C=O) groups is 1. The van der Waals surface area contributed by atoms with Crippen LogP contribution in [0.5, 0.6) is 5.75 Å². The maximum absolute atomic E-state index is 10.7. The first-order chi connectivity index (χ1) is 8.16. The Morgan fingerprint density at radius 3 is 3.00 bits per heavy atom. The Hall–Kier alpha value is -2.37. The van der Waals surface area contributed by atoms with Crippen LogP contribution in [0.15, 0.2) is 30.6 Å². The van der Waals surface area contributed by atoms with Crippen LogP contribution in [0.25, 0.3) is 0 Å². The molecule has 2 aromatic heterocycles. The molecule has 0 saturated heterocycles. The molecule has 0 unspecified atom stereocenters. The molecule has 0 aliphatic rings. The number of rotatable bonds is 4. The molecular formula is C11H11N3O3. The maximum Gasteiger partial charge on any atom is 0.356 e. The van der Waals surface area contributed by atoms with Crippen LogP contribution < -0.4 is 4.74 Å². The van der Waals surface area contributed by atoms with Gasteiger partial charge in [-0.15, -0.1) is 0 Å². The van der Waals surface area contributed by atoms with E-state index in [0.717, 1.165) is 0 Å². The smallest absolute Gasteiger partial charge is 0.356 e. The van der Waals surface area contributed by atoms with Crippen LogP contribution in [0.1, 0.15) is 16.2 Å². The summed E-state index contributed by atoms with van der Waals surface area (Å²) in [5.41, 5.74) is 0.698. The molecule has 0 saturated carbocycles. The summed E-state index contributed by atoms with van der Waals surface area (Å²) in [7, 11) is 1.67.